The largest absolute Gasteiger partial charge is 0.320 e. The smallest absolute Gasteiger partial charge is 0.259 e. The number of aromatic nitrogens is 6. The minimum absolute atomic E-state index is 0.153. The van der Waals surface area contributed by atoms with E-state index in [1.54, 1.807) is 23.1 Å². The van der Waals surface area contributed by atoms with Crippen LogP contribution in [0.4, 0.5) is 5.69 Å². The number of carbonyl (C=O) groups is 1. The maximum Gasteiger partial charge on any atom is 0.259 e. The highest BCUT2D eigenvalue weighted by atomic mass is 35.5. The van der Waals surface area contributed by atoms with Crippen molar-refractivity contribution >= 4 is 28.8 Å². The monoisotopic (exact) mass is 518 g/mol. The van der Waals surface area contributed by atoms with E-state index in [1.165, 1.54) is 6.42 Å². The number of fused-ring (bicyclic) bond motifs is 1. The molecule has 0 unspecified atom stereocenters. The highest BCUT2D eigenvalue weighted by Crippen LogP contribution is 2.51. The van der Waals surface area contributed by atoms with Crippen molar-refractivity contribution < 1.29 is 4.79 Å². The van der Waals surface area contributed by atoms with Gasteiger partial charge in [-0.05, 0) is 68.2 Å². The quantitative estimate of drug-likeness (QED) is 0.373. The molecular formula is C27H31ClN8O. The van der Waals surface area contributed by atoms with Gasteiger partial charge in [-0.3, -0.25) is 14.2 Å². The Labute approximate surface area is 220 Å². The lowest BCUT2D eigenvalue weighted by molar-refractivity contribution is 0.102. The van der Waals surface area contributed by atoms with E-state index < -0.39 is 0 Å². The zero-order valence-corrected chi connectivity index (χ0v) is 22.1. The molecule has 2 saturated carbocycles. The maximum absolute atomic E-state index is 13.6. The number of hydrogen-bond acceptors (Lipinski definition) is 6. The molecule has 4 aromatic heterocycles. The van der Waals surface area contributed by atoms with Crippen molar-refractivity contribution in [3.8, 4) is 0 Å². The molecule has 2 aliphatic rings. The molecule has 10 heteroatoms. The van der Waals surface area contributed by atoms with Crippen LogP contribution in [0.15, 0.2) is 43.2 Å². The van der Waals surface area contributed by atoms with Crippen LogP contribution in [0, 0.1) is 5.92 Å². The summed E-state index contributed by atoms with van der Waals surface area (Å²) in [5.41, 5.74) is 3.52. The number of rotatable bonds is 7. The van der Waals surface area contributed by atoms with Gasteiger partial charge in [-0.2, -0.15) is 0 Å². The van der Waals surface area contributed by atoms with E-state index >= 15 is 0 Å². The van der Waals surface area contributed by atoms with Gasteiger partial charge < -0.3 is 15.2 Å². The molecule has 0 saturated heterocycles. The molecule has 1 amide bonds. The summed E-state index contributed by atoms with van der Waals surface area (Å²) in [6.07, 6.45) is 14.3. The number of carbonyl (C=O) groups excluding carboxylic acids is 1. The summed E-state index contributed by atoms with van der Waals surface area (Å²) < 4.78 is 3.74. The van der Waals surface area contributed by atoms with Crippen molar-refractivity contribution in [1.29, 1.82) is 0 Å². The minimum Gasteiger partial charge on any atom is -0.320 e. The molecule has 37 heavy (non-hydrogen) atoms. The predicted octanol–water partition coefficient (Wildman–Crippen LogP) is 4.51. The summed E-state index contributed by atoms with van der Waals surface area (Å²) in [5, 5.41) is 15.7. The van der Waals surface area contributed by atoms with E-state index in [0.29, 0.717) is 34.5 Å². The zero-order valence-electron chi connectivity index (χ0n) is 21.3. The van der Waals surface area contributed by atoms with Crippen LogP contribution in [0.3, 0.4) is 0 Å². The van der Waals surface area contributed by atoms with E-state index in [1.807, 2.05) is 36.1 Å². The molecule has 192 valence electrons. The molecule has 0 atom stereocenters. The maximum atomic E-state index is 13.6. The zero-order chi connectivity index (χ0) is 25.8. The molecule has 2 N–H and O–H groups in total. The average Bonchev–Trinajstić information content (AvgIpc) is 3.44. The molecule has 0 bridgehead atoms. The van der Waals surface area contributed by atoms with Gasteiger partial charge in [0, 0.05) is 31.5 Å². The van der Waals surface area contributed by atoms with Gasteiger partial charge >= 0.3 is 0 Å². The first kappa shape index (κ1) is 24.1. The van der Waals surface area contributed by atoms with Gasteiger partial charge in [-0.25, -0.2) is 4.98 Å². The number of imidazole rings is 1. The first-order valence-electron chi connectivity index (χ1n) is 12.8. The lowest BCUT2D eigenvalue weighted by Crippen LogP contribution is -2.47. The van der Waals surface area contributed by atoms with Crippen LogP contribution in [0.2, 0.25) is 5.15 Å². The van der Waals surface area contributed by atoms with Crippen LogP contribution < -0.4 is 10.6 Å². The van der Waals surface area contributed by atoms with Crippen molar-refractivity contribution in [3.63, 3.8) is 0 Å². The third-order valence-corrected chi connectivity index (χ3v) is 8.40. The molecule has 0 aliphatic heterocycles. The molecular weight excluding hydrogens is 488 g/mol. The van der Waals surface area contributed by atoms with Crippen molar-refractivity contribution in [2.45, 2.75) is 63.5 Å². The third-order valence-electron chi connectivity index (χ3n) is 8.12. The molecule has 0 aromatic carbocycles. The number of amides is 1. The number of anilines is 1. The summed E-state index contributed by atoms with van der Waals surface area (Å²) in [5.74, 6) is 1.24. The van der Waals surface area contributed by atoms with Crippen LogP contribution in [-0.4, -0.2) is 40.6 Å². The fourth-order valence-corrected chi connectivity index (χ4v) is 6.12. The molecule has 2 aliphatic carbocycles. The lowest BCUT2D eigenvalue weighted by Gasteiger charge is -2.45. The van der Waals surface area contributed by atoms with Crippen molar-refractivity contribution in [3.05, 3.63) is 70.9 Å². The Balaban J connectivity index is 1.29. The second-order valence-electron chi connectivity index (χ2n) is 11.1. The van der Waals surface area contributed by atoms with Crippen LogP contribution in [0.25, 0.3) is 5.65 Å². The van der Waals surface area contributed by atoms with Gasteiger partial charge in [-0.15, -0.1) is 10.2 Å². The molecule has 4 heterocycles. The second kappa shape index (κ2) is 8.92. The second-order valence-corrected chi connectivity index (χ2v) is 11.5. The van der Waals surface area contributed by atoms with Crippen LogP contribution in [-0.2, 0) is 19.0 Å². The molecule has 0 radical (unpaired) electrons. The van der Waals surface area contributed by atoms with E-state index in [4.69, 9.17) is 11.6 Å². The molecule has 0 spiro atoms. The minimum atomic E-state index is -0.258. The highest BCUT2D eigenvalue weighted by Gasteiger charge is 2.48. The molecule has 9 nitrogen and oxygen atoms in total. The van der Waals surface area contributed by atoms with Crippen molar-refractivity contribution in [2.24, 2.45) is 13.0 Å². The van der Waals surface area contributed by atoms with E-state index in [0.717, 1.165) is 42.6 Å². The highest BCUT2D eigenvalue weighted by molar-refractivity contribution is 6.30. The normalized spacial score (nSPS) is 22.4. The topological polar surface area (TPSA) is 102 Å². The van der Waals surface area contributed by atoms with Gasteiger partial charge in [0.2, 0.25) is 0 Å². The Morgan fingerprint density at radius 1 is 1.22 bits per heavy atom. The Hall–Kier alpha value is -3.30. The van der Waals surface area contributed by atoms with Gasteiger partial charge in [0.1, 0.15) is 17.3 Å². The van der Waals surface area contributed by atoms with Gasteiger partial charge in [0.05, 0.1) is 29.1 Å². The summed E-state index contributed by atoms with van der Waals surface area (Å²) in [7, 11) is 1.97. The molecule has 4 aromatic rings. The van der Waals surface area contributed by atoms with E-state index in [2.05, 4.69) is 44.6 Å². The predicted molar refractivity (Wildman–Crippen MR) is 142 cm³/mol. The Bertz CT molecular complexity index is 1480. The Kier molecular flexibility index (Phi) is 5.80. The lowest BCUT2D eigenvalue weighted by atomic mass is 9.59. The molecule has 6 rings (SSSR count). The Morgan fingerprint density at radius 2 is 2.03 bits per heavy atom. The van der Waals surface area contributed by atoms with Crippen molar-refractivity contribution in [1.82, 2.24) is 34.4 Å². The number of hydrogen-bond donors (Lipinski definition) is 2. The van der Waals surface area contributed by atoms with Gasteiger partial charge in [0.15, 0.2) is 5.65 Å². The summed E-state index contributed by atoms with van der Waals surface area (Å²) in [6, 6.07) is 3.90. The third kappa shape index (κ3) is 4.20. The van der Waals surface area contributed by atoms with Crippen LogP contribution >= 0.6 is 11.6 Å². The summed E-state index contributed by atoms with van der Waals surface area (Å²) >= 11 is 6.40. The molecule has 2 fully saturated rings. The van der Waals surface area contributed by atoms with Gasteiger partial charge in [-0.1, -0.05) is 18.5 Å². The first-order chi connectivity index (χ1) is 17.8. The van der Waals surface area contributed by atoms with Gasteiger partial charge in [0.25, 0.3) is 5.91 Å². The number of aryl methyl sites for hydroxylation is 1. The van der Waals surface area contributed by atoms with Crippen molar-refractivity contribution in [2.75, 3.05) is 5.32 Å². The number of nitrogens with zero attached hydrogens (tertiary/aromatic N) is 6. The standard InChI is InChI=1S/C27H31ClN8O/c1-17-9-27(10-17,25-34-32-16-35(25)3)19-8-20(13-29-12-19)33-24(37)21-7-18(11-31-26(2)5-4-6-26)15-36-22(28)14-30-23(21)36/h7-8,12-17,31H,4-6,9-11H2,1-3H3,(H,33,37). The number of halogens is 1. The summed E-state index contributed by atoms with van der Waals surface area (Å²) in [6.45, 7) is 5.13. The fraction of sp³-hybridized carbons (Fsp3) is 0.444. The van der Waals surface area contributed by atoms with Crippen LogP contribution in [0.1, 0.15) is 73.3 Å². The average molecular weight is 519 g/mol. The SMILES string of the molecule is CC1CC(c2cncc(NC(=O)c3cc(CNC4(C)CCC4)cn4c(Cl)cnc34)c2)(c2nncn2C)C1. The fourth-order valence-electron chi connectivity index (χ4n) is 5.94. The Morgan fingerprint density at radius 3 is 2.70 bits per heavy atom. The van der Waals surface area contributed by atoms with Crippen LogP contribution in [0.5, 0.6) is 0 Å². The van der Waals surface area contributed by atoms with E-state index in [9.17, 15) is 4.79 Å². The number of pyridine rings is 2. The first-order valence-corrected chi connectivity index (χ1v) is 13.2. The number of nitrogens with one attached hydrogen (secondary N) is 2. The van der Waals surface area contributed by atoms with E-state index in [-0.39, 0.29) is 16.9 Å². The summed E-state index contributed by atoms with van der Waals surface area (Å²) in [4.78, 5) is 22.4.